The minimum atomic E-state index is 0.625. The van der Waals surface area contributed by atoms with E-state index in [1.165, 1.54) is 11.1 Å². The molecule has 4 aromatic rings. The van der Waals surface area contributed by atoms with Gasteiger partial charge in [0.05, 0.1) is 30.6 Å². The molecule has 0 fully saturated rings. The lowest BCUT2D eigenvalue weighted by molar-refractivity contribution is 0.415. The van der Waals surface area contributed by atoms with Crippen LogP contribution in [0.25, 0.3) is 22.4 Å². The monoisotopic (exact) mass is 492 g/mol. The second kappa shape index (κ2) is 10.5. The average molecular weight is 493 g/mol. The molecule has 0 aliphatic carbocycles. The normalized spacial score (nSPS) is 10.9. The average Bonchev–Trinajstić information content (AvgIpc) is 3.23. The first-order chi connectivity index (χ1) is 16.5. The second-order valence-electron chi connectivity index (χ2n) is 8.10. The maximum absolute atomic E-state index is 6.58. The zero-order valence-corrected chi connectivity index (χ0v) is 21.8. The van der Waals surface area contributed by atoms with Gasteiger partial charge in [-0.3, -0.25) is 0 Å². The summed E-state index contributed by atoms with van der Waals surface area (Å²) in [5, 5.41) is 1.54. The van der Waals surface area contributed by atoms with Crippen LogP contribution in [0.4, 0.5) is 10.8 Å². The molecule has 0 aliphatic rings. The third kappa shape index (κ3) is 4.77. The molecule has 3 aromatic carbocycles. The number of methoxy groups -OCH3 is 2. The lowest BCUT2D eigenvalue weighted by Gasteiger charge is -2.24. The maximum Gasteiger partial charge on any atom is 0.190 e. The van der Waals surface area contributed by atoms with Crippen LogP contribution in [0.1, 0.15) is 23.8 Å². The van der Waals surface area contributed by atoms with Crippen molar-refractivity contribution in [2.45, 2.75) is 27.2 Å². The van der Waals surface area contributed by atoms with Crippen molar-refractivity contribution < 1.29 is 9.47 Å². The fourth-order valence-electron chi connectivity index (χ4n) is 4.07. The molecule has 0 radical (unpaired) electrons. The lowest BCUT2D eigenvalue weighted by Crippen LogP contribution is -2.18. The Labute approximate surface area is 210 Å². The van der Waals surface area contributed by atoms with Gasteiger partial charge in [-0.25, -0.2) is 4.98 Å². The standard InChI is InChI=1S/C28H29ClN2O2S/c1-6-15-31(25-16-20(11-14-26(25)33-5)22-10-8-7-9-18(22)2)28-30-27(19(3)34-28)23-13-12-21(32-4)17-24(23)29/h7-14,16-17H,6,15H2,1-5H3. The fourth-order valence-corrected chi connectivity index (χ4v) is 5.29. The number of thiazole rings is 1. The molecule has 0 saturated carbocycles. The van der Waals surface area contributed by atoms with Crippen molar-refractivity contribution in [3.8, 4) is 33.9 Å². The van der Waals surface area contributed by atoms with Gasteiger partial charge in [-0.05, 0) is 67.3 Å². The van der Waals surface area contributed by atoms with Crippen LogP contribution in [0.3, 0.4) is 0 Å². The summed E-state index contributed by atoms with van der Waals surface area (Å²) in [5.41, 5.74) is 6.40. The molecule has 0 saturated heterocycles. The Hall–Kier alpha value is -3.02. The van der Waals surface area contributed by atoms with Crippen molar-refractivity contribution in [1.29, 1.82) is 0 Å². The summed E-state index contributed by atoms with van der Waals surface area (Å²) >= 11 is 8.25. The molecule has 0 atom stereocenters. The van der Waals surface area contributed by atoms with Gasteiger partial charge >= 0.3 is 0 Å². The summed E-state index contributed by atoms with van der Waals surface area (Å²) < 4.78 is 11.1. The SMILES string of the molecule is CCCN(c1nc(-c2ccc(OC)cc2Cl)c(C)s1)c1cc(-c2ccccc2C)ccc1OC. The van der Waals surface area contributed by atoms with E-state index in [0.717, 1.165) is 57.0 Å². The van der Waals surface area contributed by atoms with Gasteiger partial charge in [0, 0.05) is 17.0 Å². The molecule has 4 rings (SSSR count). The maximum atomic E-state index is 6.58. The van der Waals surface area contributed by atoms with Crippen molar-refractivity contribution in [3.63, 3.8) is 0 Å². The highest BCUT2D eigenvalue weighted by Crippen LogP contribution is 2.43. The largest absolute Gasteiger partial charge is 0.497 e. The van der Waals surface area contributed by atoms with Crippen LogP contribution in [0, 0.1) is 13.8 Å². The van der Waals surface area contributed by atoms with Gasteiger partial charge in [0.1, 0.15) is 11.5 Å². The van der Waals surface area contributed by atoms with E-state index in [1.807, 2.05) is 24.3 Å². The summed E-state index contributed by atoms with van der Waals surface area (Å²) in [6.45, 7) is 7.21. The minimum absolute atomic E-state index is 0.625. The zero-order valence-electron chi connectivity index (χ0n) is 20.2. The predicted octanol–water partition coefficient (Wildman–Crippen LogP) is 8.31. The Morgan fingerprint density at radius 1 is 0.941 bits per heavy atom. The number of rotatable bonds is 8. The molecule has 0 aliphatic heterocycles. The highest BCUT2D eigenvalue weighted by molar-refractivity contribution is 7.16. The number of ether oxygens (including phenoxy) is 2. The van der Waals surface area contributed by atoms with E-state index < -0.39 is 0 Å². The van der Waals surface area contributed by atoms with Gasteiger partial charge in [0.15, 0.2) is 5.13 Å². The van der Waals surface area contributed by atoms with E-state index in [4.69, 9.17) is 26.1 Å². The molecule has 1 aromatic heterocycles. The van der Waals surface area contributed by atoms with Gasteiger partial charge in [0.25, 0.3) is 0 Å². The van der Waals surface area contributed by atoms with Gasteiger partial charge < -0.3 is 14.4 Å². The van der Waals surface area contributed by atoms with Gasteiger partial charge in [0.2, 0.25) is 0 Å². The van der Waals surface area contributed by atoms with E-state index in [9.17, 15) is 0 Å². The second-order valence-corrected chi connectivity index (χ2v) is 9.69. The number of halogens is 1. The first-order valence-corrected chi connectivity index (χ1v) is 12.5. The summed E-state index contributed by atoms with van der Waals surface area (Å²) in [4.78, 5) is 8.41. The molecule has 176 valence electrons. The van der Waals surface area contributed by atoms with Crippen LogP contribution in [0.15, 0.2) is 60.7 Å². The summed E-state index contributed by atoms with van der Waals surface area (Å²) in [6.07, 6.45) is 0.967. The van der Waals surface area contributed by atoms with Crippen molar-refractivity contribution in [2.75, 3.05) is 25.7 Å². The molecule has 1 heterocycles. The zero-order chi connectivity index (χ0) is 24.2. The highest BCUT2D eigenvalue weighted by atomic mass is 35.5. The number of nitrogens with zero attached hydrogens (tertiary/aromatic N) is 2. The van der Waals surface area contributed by atoms with E-state index in [0.29, 0.717) is 5.02 Å². The lowest BCUT2D eigenvalue weighted by atomic mass is 10.00. The molecule has 0 amide bonds. The topological polar surface area (TPSA) is 34.6 Å². The Morgan fingerprint density at radius 3 is 2.41 bits per heavy atom. The van der Waals surface area contributed by atoms with Crippen molar-refractivity contribution in [1.82, 2.24) is 4.98 Å². The molecular weight excluding hydrogens is 464 g/mol. The molecule has 6 heteroatoms. The molecule has 0 bridgehead atoms. The minimum Gasteiger partial charge on any atom is -0.497 e. The number of hydrogen-bond acceptors (Lipinski definition) is 5. The molecule has 34 heavy (non-hydrogen) atoms. The van der Waals surface area contributed by atoms with Crippen LogP contribution in [-0.2, 0) is 0 Å². The van der Waals surface area contributed by atoms with Crippen molar-refractivity contribution in [3.05, 3.63) is 76.1 Å². The van der Waals surface area contributed by atoms with Gasteiger partial charge in [-0.2, -0.15) is 0 Å². The van der Waals surface area contributed by atoms with Crippen LogP contribution >= 0.6 is 22.9 Å². The van der Waals surface area contributed by atoms with Gasteiger partial charge in [-0.15, -0.1) is 11.3 Å². The van der Waals surface area contributed by atoms with Crippen LogP contribution in [-0.4, -0.2) is 25.7 Å². The third-order valence-electron chi connectivity index (χ3n) is 5.82. The number of aryl methyl sites for hydroxylation is 2. The smallest absolute Gasteiger partial charge is 0.190 e. The molecule has 0 unspecified atom stereocenters. The quantitative estimate of drug-likeness (QED) is 0.247. The highest BCUT2D eigenvalue weighted by Gasteiger charge is 2.21. The molecule has 4 nitrogen and oxygen atoms in total. The number of benzene rings is 3. The van der Waals surface area contributed by atoms with E-state index in [-0.39, 0.29) is 0 Å². The third-order valence-corrected chi connectivity index (χ3v) is 7.13. The van der Waals surface area contributed by atoms with Crippen LogP contribution < -0.4 is 14.4 Å². The summed E-state index contributed by atoms with van der Waals surface area (Å²) in [6, 6.07) is 20.5. The van der Waals surface area contributed by atoms with Crippen LogP contribution in [0.2, 0.25) is 5.02 Å². The summed E-state index contributed by atoms with van der Waals surface area (Å²) in [5.74, 6) is 1.55. The Kier molecular flexibility index (Phi) is 7.44. The van der Waals surface area contributed by atoms with E-state index in [1.54, 1.807) is 25.6 Å². The van der Waals surface area contributed by atoms with Crippen LogP contribution in [0.5, 0.6) is 11.5 Å². The Morgan fingerprint density at radius 2 is 1.74 bits per heavy atom. The molecule has 0 spiro atoms. The number of anilines is 2. The van der Waals surface area contributed by atoms with Gasteiger partial charge in [-0.1, -0.05) is 48.9 Å². The first-order valence-electron chi connectivity index (χ1n) is 11.3. The van der Waals surface area contributed by atoms with Crippen molar-refractivity contribution >= 4 is 33.8 Å². The Balaban J connectivity index is 1.81. The summed E-state index contributed by atoms with van der Waals surface area (Å²) in [7, 11) is 3.35. The predicted molar refractivity (Wildman–Crippen MR) is 144 cm³/mol. The number of aromatic nitrogens is 1. The molecular formula is C28H29ClN2O2S. The number of hydrogen-bond donors (Lipinski definition) is 0. The van der Waals surface area contributed by atoms with Crippen molar-refractivity contribution in [2.24, 2.45) is 0 Å². The fraction of sp³-hybridized carbons (Fsp3) is 0.250. The molecule has 0 N–H and O–H groups in total. The van der Waals surface area contributed by atoms with E-state index in [2.05, 4.69) is 62.1 Å². The first kappa shape index (κ1) is 24.1. The van der Waals surface area contributed by atoms with E-state index >= 15 is 0 Å². The Bertz CT molecular complexity index is 1300.